The van der Waals surface area contributed by atoms with E-state index in [1.54, 1.807) is 0 Å². The van der Waals surface area contributed by atoms with E-state index in [-0.39, 0.29) is 23.4 Å². The van der Waals surface area contributed by atoms with Crippen LogP contribution in [0, 0.1) is 17.0 Å². The molecule has 0 amide bonds. The zero-order valence-electron chi connectivity index (χ0n) is 11.9. The predicted octanol–water partition coefficient (Wildman–Crippen LogP) is 3.37. The first-order valence-electron chi connectivity index (χ1n) is 5.99. The zero-order chi connectivity index (χ0) is 15.7. The minimum Gasteiger partial charge on any atom is -0.207 e. The lowest BCUT2D eigenvalue weighted by molar-refractivity contribution is 0.309. The van der Waals surface area contributed by atoms with Crippen LogP contribution in [-0.2, 0) is 15.9 Å². The van der Waals surface area contributed by atoms with Gasteiger partial charge in [0.2, 0.25) is 10.0 Å². The van der Waals surface area contributed by atoms with E-state index in [4.69, 9.17) is 11.6 Å². The second-order valence-electron chi connectivity index (χ2n) is 5.85. The Morgan fingerprint density at radius 3 is 2.25 bits per heavy atom. The van der Waals surface area contributed by atoms with Crippen LogP contribution in [0.5, 0.6) is 0 Å². The van der Waals surface area contributed by atoms with Crippen LogP contribution in [0.4, 0.5) is 8.78 Å². The summed E-state index contributed by atoms with van der Waals surface area (Å²) in [6.45, 7) is 5.74. The maximum atomic E-state index is 13.8. The molecule has 0 aliphatic carbocycles. The minimum absolute atomic E-state index is 0.0945. The Morgan fingerprint density at radius 1 is 1.25 bits per heavy atom. The Bertz CT molecular complexity index is 597. The van der Waals surface area contributed by atoms with Crippen LogP contribution in [0.1, 0.15) is 26.3 Å². The molecule has 1 aromatic carbocycles. The minimum atomic E-state index is -4.10. The van der Waals surface area contributed by atoms with Crippen LogP contribution < -0.4 is 0 Å². The highest BCUT2D eigenvalue weighted by Gasteiger charge is 2.29. The van der Waals surface area contributed by atoms with Gasteiger partial charge in [-0.15, -0.1) is 11.6 Å². The predicted molar refractivity (Wildman–Crippen MR) is 75.2 cm³/mol. The molecule has 3 nitrogen and oxygen atoms in total. The van der Waals surface area contributed by atoms with Crippen molar-refractivity contribution in [1.82, 2.24) is 4.31 Å². The molecule has 0 fully saturated rings. The summed E-state index contributed by atoms with van der Waals surface area (Å²) in [5, 5.41) is 0. The Morgan fingerprint density at radius 2 is 1.80 bits per heavy atom. The van der Waals surface area contributed by atoms with Gasteiger partial charge in [-0.05, 0) is 23.1 Å². The fourth-order valence-corrected chi connectivity index (χ4v) is 3.47. The van der Waals surface area contributed by atoms with Crippen LogP contribution in [0.3, 0.4) is 0 Å². The van der Waals surface area contributed by atoms with Crippen molar-refractivity contribution in [3.8, 4) is 0 Å². The third-order valence-corrected chi connectivity index (χ3v) is 4.71. The number of sulfonamides is 1. The Labute approximate surface area is 123 Å². The third kappa shape index (κ3) is 3.90. The normalized spacial score (nSPS) is 13.0. The van der Waals surface area contributed by atoms with Crippen molar-refractivity contribution in [1.29, 1.82) is 0 Å². The lowest BCUT2D eigenvalue weighted by atomic mass is 9.97. The first kappa shape index (κ1) is 17.3. The van der Waals surface area contributed by atoms with Crippen molar-refractivity contribution in [3.63, 3.8) is 0 Å². The zero-order valence-corrected chi connectivity index (χ0v) is 13.4. The summed E-state index contributed by atoms with van der Waals surface area (Å²) in [5.74, 6) is -2.69. The monoisotopic (exact) mass is 325 g/mol. The quantitative estimate of drug-likeness (QED) is 0.796. The average Bonchev–Trinajstić information content (AvgIpc) is 2.29. The number of benzene rings is 1. The highest BCUT2D eigenvalue weighted by atomic mass is 35.5. The summed E-state index contributed by atoms with van der Waals surface area (Å²) < 4.78 is 52.9. The molecule has 20 heavy (non-hydrogen) atoms. The highest BCUT2D eigenvalue weighted by Crippen LogP contribution is 2.25. The molecule has 0 N–H and O–H groups in total. The van der Waals surface area contributed by atoms with Crippen molar-refractivity contribution >= 4 is 21.6 Å². The molecule has 0 saturated carbocycles. The molecule has 0 aliphatic heterocycles. The van der Waals surface area contributed by atoms with Gasteiger partial charge in [-0.1, -0.05) is 20.8 Å². The summed E-state index contributed by atoms with van der Waals surface area (Å²) in [4.78, 5) is -0.681. The van der Waals surface area contributed by atoms with Gasteiger partial charge in [-0.25, -0.2) is 21.5 Å². The van der Waals surface area contributed by atoms with Crippen LogP contribution in [0.15, 0.2) is 17.0 Å². The summed E-state index contributed by atoms with van der Waals surface area (Å²) in [6, 6.07) is 1.96. The summed E-state index contributed by atoms with van der Waals surface area (Å²) >= 11 is 5.56. The molecule has 0 bridgehead atoms. The summed E-state index contributed by atoms with van der Waals surface area (Å²) in [6.07, 6.45) is 0. The fourth-order valence-electron chi connectivity index (χ4n) is 1.80. The average molecular weight is 326 g/mol. The number of rotatable bonds is 4. The van der Waals surface area contributed by atoms with E-state index in [0.29, 0.717) is 0 Å². The fraction of sp³-hybridized carbons (Fsp3) is 0.538. The molecule has 0 spiro atoms. The SMILES string of the molecule is CN(CC(C)(C)C)S(=O)(=O)c1cc(CCl)cc(F)c1F. The van der Waals surface area contributed by atoms with Gasteiger partial charge in [0.05, 0.1) is 0 Å². The van der Waals surface area contributed by atoms with Gasteiger partial charge in [0, 0.05) is 19.5 Å². The molecular formula is C13H18ClF2NO2S. The van der Waals surface area contributed by atoms with Crippen molar-refractivity contribution in [2.45, 2.75) is 31.5 Å². The first-order chi connectivity index (χ1) is 8.99. The molecule has 0 saturated heterocycles. The van der Waals surface area contributed by atoms with Gasteiger partial charge < -0.3 is 0 Å². The van der Waals surface area contributed by atoms with E-state index < -0.39 is 26.6 Å². The molecule has 1 aromatic rings. The number of hydrogen-bond acceptors (Lipinski definition) is 2. The molecule has 7 heteroatoms. The lowest BCUT2D eigenvalue weighted by Crippen LogP contribution is -2.35. The molecule has 0 unspecified atom stereocenters. The number of nitrogens with zero attached hydrogens (tertiary/aromatic N) is 1. The van der Waals surface area contributed by atoms with Gasteiger partial charge in [-0.3, -0.25) is 0 Å². The second kappa shape index (κ2) is 5.95. The summed E-state index contributed by atoms with van der Waals surface area (Å²) in [7, 11) is -2.76. The Kier molecular flexibility index (Phi) is 5.16. The second-order valence-corrected chi connectivity index (χ2v) is 8.13. The van der Waals surface area contributed by atoms with E-state index in [0.717, 1.165) is 16.4 Å². The molecule has 0 aliphatic rings. The standard InChI is InChI=1S/C13H18ClF2NO2S/c1-13(2,3)8-17(4)20(18,19)11-6-9(7-14)5-10(15)12(11)16/h5-6H,7-8H2,1-4H3. The number of hydrogen-bond donors (Lipinski definition) is 0. The van der Waals surface area contributed by atoms with Crippen molar-refractivity contribution < 1.29 is 17.2 Å². The van der Waals surface area contributed by atoms with E-state index in [2.05, 4.69) is 0 Å². The largest absolute Gasteiger partial charge is 0.245 e. The van der Waals surface area contributed by atoms with Crippen LogP contribution in [-0.4, -0.2) is 26.3 Å². The lowest BCUT2D eigenvalue weighted by Gasteiger charge is -2.26. The smallest absolute Gasteiger partial charge is 0.207 e. The van der Waals surface area contributed by atoms with E-state index in [9.17, 15) is 17.2 Å². The van der Waals surface area contributed by atoms with Crippen molar-refractivity contribution in [3.05, 3.63) is 29.3 Å². The van der Waals surface area contributed by atoms with Crippen LogP contribution in [0.2, 0.25) is 0 Å². The van der Waals surface area contributed by atoms with Gasteiger partial charge in [0.1, 0.15) is 4.90 Å². The van der Waals surface area contributed by atoms with Crippen LogP contribution in [0.25, 0.3) is 0 Å². The molecule has 114 valence electrons. The third-order valence-electron chi connectivity index (χ3n) is 2.59. The molecule has 0 atom stereocenters. The number of halogens is 3. The maximum Gasteiger partial charge on any atom is 0.245 e. The molecule has 0 heterocycles. The topological polar surface area (TPSA) is 37.4 Å². The van der Waals surface area contributed by atoms with Gasteiger partial charge >= 0.3 is 0 Å². The van der Waals surface area contributed by atoms with Crippen LogP contribution >= 0.6 is 11.6 Å². The molecule has 1 rings (SSSR count). The van der Waals surface area contributed by atoms with E-state index in [1.807, 2.05) is 20.8 Å². The van der Waals surface area contributed by atoms with Crippen molar-refractivity contribution in [2.24, 2.45) is 5.41 Å². The van der Waals surface area contributed by atoms with E-state index in [1.165, 1.54) is 7.05 Å². The molecule has 0 aromatic heterocycles. The van der Waals surface area contributed by atoms with Gasteiger partial charge in [0.15, 0.2) is 11.6 Å². The van der Waals surface area contributed by atoms with Gasteiger partial charge in [-0.2, -0.15) is 0 Å². The Balaban J connectivity index is 3.32. The molecular weight excluding hydrogens is 308 g/mol. The first-order valence-corrected chi connectivity index (χ1v) is 7.97. The maximum absolute atomic E-state index is 13.8. The summed E-state index contributed by atoms with van der Waals surface area (Å²) in [5.41, 5.74) is -0.0886. The van der Waals surface area contributed by atoms with E-state index >= 15 is 0 Å². The highest BCUT2D eigenvalue weighted by molar-refractivity contribution is 7.89. The van der Waals surface area contributed by atoms with Crippen molar-refractivity contribution in [2.75, 3.05) is 13.6 Å². The number of alkyl halides is 1. The Hall–Kier alpha value is -0.720. The molecule has 0 radical (unpaired) electrons. The van der Waals surface area contributed by atoms with Gasteiger partial charge in [0.25, 0.3) is 0 Å².